The molecule has 0 aromatic heterocycles. The number of likely N-dealkylation sites (N-methyl/N-ethyl adjacent to an activating group) is 1. The summed E-state index contributed by atoms with van der Waals surface area (Å²) < 4.78 is 35.8. The normalized spacial score (nSPS) is 15.7. The van der Waals surface area contributed by atoms with Crippen molar-refractivity contribution in [3.63, 3.8) is 0 Å². The maximum Gasteiger partial charge on any atom is 0.390 e. The second-order valence-electron chi connectivity index (χ2n) is 4.04. The van der Waals surface area contributed by atoms with E-state index >= 15 is 0 Å². The van der Waals surface area contributed by atoms with E-state index in [1.54, 1.807) is 6.92 Å². The van der Waals surface area contributed by atoms with Crippen LogP contribution in [0, 0.1) is 5.92 Å². The Morgan fingerprint density at radius 3 is 2.31 bits per heavy atom. The van der Waals surface area contributed by atoms with Crippen LogP contribution in [0.4, 0.5) is 13.2 Å². The van der Waals surface area contributed by atoms with Gasteiger partial charge < -0.3 is 10.6 Å². The predicted octanol–water partition coefficient (Wildman–Crippen LogP) is 1.77. The molecule has 3 nitrogen and oxygen atoms in total. The smallest absolute Gasteiger partial charge is 0.344 e. The Labute approximate surface area is 93.8 Å². The summed E-state index contributed by atoms with van der Waals surface area (Å²) in [6, 6.07) is -0.719. The summed E-state index contributed by atoms with van der Waals surface area (Å²) in [5, 5.41) is 0. The highest BCUT2D eigenvalue weighted by Gasteiger charge is 2.29. The molecule has 16 heavy (non-hydrogen) atoms. The second-order valence-corrected chi connectivity index (χ2v) is 4.04. The molecule has 1 amide bonds. The van der Waals surface area contributed by atoms with Crippen molar-refractivity contribution in [3.05, 3.63) is 0 Å². The number of hydrogen-bond donors (Lipinski definition) is 1. The van der Waals surface area contributed by atoms with Crippen LogP contribution >= 0.6 is 0 Å². The van der Waals surface area contributed by atoms with Crippen molar-refractivity contribution in [1.82, 2.24) is 4.90 Å². The molecular formula is C10H19F3N2O. The molecule has 0 aliphatic heterocycles. The summed E-state index contributed by atoms with van der Waals surface area (Å²) in [5.74, 6) is -0.459. The summed E-state index contributed by atoms with van der Waals surface area (Å²) in [4.78, 5) is 12.6. The van der Waals surface area contributed by atoms with Crippen molar-refractivity contribution in [2.45, 2.75) is 38.9 Å². The molecule has 0 fully saturated rings. The van der Waals surface area contributed by atoms with Gasteiger partial charge in [0.1, 0.15) is 0 Å². The minimum Gasteiger partial charge on any atom is -0.344 e. The van der Waals surface area contributed by atoms with E-state index in [1.165, 1.54) is 7.05 Å². The Hall–Kier alpha value is -0.780. The molecule has 0 bridgehead atoms. The Morgan fingerprint density at radius 2 is 1.94 bits per heavy atom. The fourth-order valence-corrected chi connectivity index (χ4v) is 1.16. The van der Waals surface area contributed by atoms with Gasteiger partial charge in [-0.05, 0) is 5.92 Å². The van der Waals surface area contributed by atoms with Gasteiger partial charge in [0.15, 0.2) is 0 Å². The number of rotatable bonds is 5. The molecule has 2 atom stereocenters. The number of alkyl halides is 3. The van der Waals surface area contributed by atoms with Crippen molar-refractivity contribution in [2.75, 3.05) is 13.6 Å². The van der Waals surface area contributed by atoms with Crippen molar-refractivity contribution < 1.29 is 18.0 Å². The fraction of sp³-hybridized carbons (Fsp3) is 0.900. The monoisotopic (exact) mass is 240 g/mol. The average Bonchev–Trinajstić information content (AvgIpc) is 2.21. The van der Waals surface area contributed by atoms with Crippen LogP contribution in [0.15, 0.2) is 0 Å². The third kappa shape index (κ3) is 5.34. The molecular weight excluding hydrogens is 221 g/mol. The van der Waals surface area contributed by atoms with Crippen LogP contribution in [0.25, 0.3) is 0 Å². The molecule has 0 radical (unpaired) electrons. The van der Waals surface area contributed by atoms with E-state index in [0.29, 0.717) is 0 Å². The van der Waals surface area contributed by atoms with Gasteiger partial charge in [0, 0.05) is 13.6 Å². The topological polar surface area (TPSA) is 46.3 Å². The van der Waals surface area contributed by atoms with Crippen molar-refractivity contribution >= 4 is 5.91 Å². The summed E-state index contributed by atoms with van der Waals surface area (Å²) in [6.07, 6.45) is -4.52. The van der Waals surface area contributed by atoms with Crippen molar-refractivity contribution in [2.24, 2.45) is 11.7 Å². The molecule has 0 aliphatic carbocycles. The Bertz CT molecular complexity index is 231. The zero-order valence-corrected chi connectivity index (χ0v) is 9.84. The third-order valence-corrected chi connectivity index (χ3v) is 2.65. The average molecular weight is 240 g/mol. The number of nitrogens with two attached hydrogens (primary N) is 1. The van der Waals surface area contributed by atoms with Gasteiger partial charge in [-0.1, -0.05) is 20.3 Å². The van der Waals surface area contributed by atoms with Crippen LogP contribution in [-0.4, -0.2) is 36.6 Å². The Morgan fingerprint density at radius 1 is 1.44 bits per heavy atom. The largest absolute Gasteiger partial charge is 0.390 e. The maximum atomic E-state index is 11.9. The minimum atomic E-state index is -4.24. The molecule has 0 aromatic carbocycles. The van der Waals surface area contributed by atoms with Crippen LogP contribution in [-0.2, 0) is 4.79 Å². The van der Waals surface area contributed by atoms with E-state index in [-0.39, 0.29) is 12.5 Å². The second kappa shape index (κ2) is 6.08. The lowest BCUT2D eigenvalue weighted by Gasteiger charge is -2.24. The SMILES string of the molecule is CC[C@H](C)[C@H](N)C(=O)N(C)CCC(F)(F)F. The molecule has 0 spiro atoms. The number of hydrogen-bond acceptors (Lipinski definition) is 2. The van der Waals surface area contributed by atoms with Crippen LogP contribution in [0.5, 0.6) is 0 Å². The first-order valence-corrected chi connectivity index (χ1v) is 5.26. The molecule has 0 saturated heterocycles. The van der Waals surface area contributed by atoms with Crippen LogP contribution in [0.3, 0.4) is 0 Å². The minimum absolute atomic E-state index is 0.0270. The molecule has 0 aliphatic rings. The lowest BCUT2D eigenvalue weighted by atomic mass is 9.99. The molecule has 2 N–H and O–H groups in total. The van der Waals surface area contributed by atoms with Gasteiger partial charge in [0.25, 0.3) is 0 Å². The Balaban J connectivity index is 4.18. The highest BCUT2D eigenvalue weighted by Crippen LogP contribution is 2.19. The number of carbonyl (C=O) groups excluding carboxylic acids is 1. The fourth-order valence-electron chi connectivity index (χ4n) is 1.16. The molecule has 0 aromatic rings. The van der Waals surface area contributed by atoms with Gasteiger partial charge in [-0.15, -0.1) is 0 Å². The first kappa shape index (κ1) is 15.2. The van der Waals surface area contributed by atoms with Crippen molar-refractivity contribution in [3.8, 4) is 0 Å². The first-order chi connectivity index (χ1) is 7.19. The number of nitrogens with zero attached hydrogens (tertiary/aromatic N) is 1. The molecule has 0 unspecified atom stereocenters. The number of carbonyl (C=O) groups is 1. The van der Waals surface area contributed by atoms with E-state index in [4.69, 9.17) is 5.73 Å². The zero-order valence-electron chi connectivity index (χ0n) is 9.84. The quantitative estimate of drug-likeness (QED) is 0.796. The standard InChI is InChI=1S/C10H19F3N2O/c1-4-7(2)8(14)9(16)15(3)6-5-10(11,12)13/h7-8H,4-6,14H2,1-3H3/t7-,8-/m0/s1. The van der Waals surface area contributed by atoms with Crippen molar-refractivity contribution in [1.29, 1.82) is 0 Å². The van der Waals surface area contributed by atoms with Gasteiger partial charge in [-0.25, -0.2) is 0 Å². The lowest BCUT2D eigenvalue weighted by molar-refractivity contribution is -0.145. The van der Waals surface area contributed by atoms with Crippen LogP contribution in [0.2, 0.25) is 0 Å². The first-order valence-electron chi connectivity index (χ1n) is 5.26. The summed E-state index contributed by atoms with van der Waals surface area (Å²) in [7, 11) is 1.34. The zero-order chi connectivity index (χ0) is 12.9. The number of amides is 1. The predicted molar refractivity (Wildman–Crippen MR) is 55.7 cm³/mol. The molecule has 0 heterocycles. The summed E-state index contributed by atoms with van der Waals surface area (Å²) in [5.41, 5.74) is 5.64. The molecule has 0 rings (SSSR count). The van der Waals surface area contributed by atoms with E-state index in [2.05, 4.69) is 0 Å². The van der Waals surface area contributed by atoms with E-state index in [0.717, 1.165) is 11.3 Å². The van der Waals surface area contributed by atoms with Gasteiger partial charge in [0.05, 0.1) is 12.5 Å². The van der Waals surface area contributed by atoms with Crippen LogP contribution < -0.4 is 5.73 Å². The van der Waals surface area contributed by atoms with Gasteiger partial charge >= 0.3 is 6.18 Å². The van der Waals surface area contributed by atoms with Crippen LogP contribution in [0.1, 0.15) is 26.7 Å². The highest BCUT2D eigenvalue weighted by molar-refractivity contribution is 5.81. The summed E-state index contributed by atoms with van der Waals surface area (Å²) >= 11 is 0. The van der Waals surface area contributed by atoms with E-state index < -0.39 is 24.5 Å². The van der Waals surface area contributed by atoms with E-state index in [9.17, 15) is 18.0 Å². The number of halogens is 3. The molecule has 96 valence electrons. The lowest BCUT2D eigenvalue weighted by Crippen LogP contribution is -2.46. The summed E-state index contributed by atoms with van der Waals surface area (Å²) in [6.45, 7) is 3.35. The van der Waals surface area contributed by atoms with E-state index in [1.807, 2.05) is 6.92 Å². The highest BCUT2D eigenvalue weighted by atomic mass is 19.4. The van der Waals surface area contributed by atoms with Gasteiger partial charge in [-0.2, -0.15) is 13.2 Å². The van der Waals surface area contributed by atoms with Gasteiger partial charge in [-0.3, -0.25) is 4.79 Å². The third-order valence-electron chi connectivity index (χ3n) is 2.65. The molecule has 0 saturated carbocycles. The Kier molecular flexibility index (Phi) is 5.78. The van der Waals surface area contributed by atoms with Gasteiger partial charge in [0.2, 0.25) is 5.91 Å². The maximum absolute atomic E-state index is 11.9. The molecule has 6 heteroatoms.